The quantitative estimate of drug-likeness (QED) is 0.663. The second kappa shape index (κ2) is 6.10. The number of likely N-dealkylation sites (tertiary alicyclic amines) is 1. The van der Waals surface area contributed by atoms with Crippen LogP contribution in [0.5, 0.6) is 0 Å². The normalized spacial score (nSPS) is 18.5. The molecule has 116 valence electrons. The van der Waals surface area contributed by atoms with Crippen LogP contribution in [0.2, 0.25) is 0 Å². The van der Waals surface area contributed by atoms with Crippen LogP contribution in [0.25, 0.3) is 0 Å². The third-order valence-electron chi connectivity index (χ3n) is 3.87. The molecule has 1 atom stereocenters. The SMILES string of the molecule is Cn1ccnc1CN1CC[C@@H](Nc2ccc([N+](=O)[O-])cn2)C1. The fraction of sp³-hybridized carbons (Fsp3) is 0.429. The second-order valence-corrected chi connectivity index (χ2v) is 5.48. The van der Waals surface area contributed by atoms with E-state index in [9.17, 15) is 10.1 Å². The predicted molar refractivity (Wildman–Crippen MR) is 81.4 cm³/mol. The summed E-state index contributed by atoms with van der Waals surface area (Å²) in [6, 6.07) is 3.42. The number of aryl methyl sites for hydroxylation is 1. The smallest absolute Gasteiger partial charge is 0.287 e. The van der Waals surface area contributed by atoms with Gasteiger partial charge in [-0.2, -0.15) is 0 Å². The number of nitrogens with zero attached hydrogens (tertiary/aromatic N) is 5. The maximum Gasteiger partial charge on any atom is 0.287 e. The molecule has 22 heavy (non-hydrogen) atoms. The molecule has 1 saturated heterocycles. The van der Waals surface area contributed by atoms with Crippen LogP contribution in [-0.2, 0) is 13.6 Å². The first-order valence-electron chi connectivity index (χ1n) is 7.17. The number of hydrogen-bond acceptors (Lipinski definition) is 6. The Kier molecular flexibility index (Phi) is 4.01. The molecule has 0 saturated carbocycles. The van der Waals surface area contributed by atoms with E-state index >= 15 is 0 Å². The maximum atomic E-state index is 10.6. The Hall–Kier alpha value is -2.48. The van der Waals surface area contributed by atoms with Crippen LogP contribution in [0.3, 0.4) is 0 Å². The van der Waals surface area contributed by atoms with Gasteiger partial charge in [-0.05, 0) is 12.5 Å². The first kappa shape index (κ1) is 14.5. The molecule has 2 aromatic heterocycles. The van der Waals surface area contributed by atoms with Gasteiger partial charge < -0.3 is 9.88 Å². The van der Waals surface area contributed by atoms with Gasteiger partial charge in [0.1, 0.15) is 17.8 Å². The molecule has 1 fully saturated rings. The lowest BCUT2D eigenvalue weighted by Gasteiger charge is -2.16. The summed E-state index contributed by atoms with van der Waals surface area (Å²) in [4.78, 5) is 20.9. The Balaban J connectivity index is 1.54. The Bertz CT molecular complexity index is 654. The van der Waals surface area contributed by atoms with Crippen LogP contribution in [-0.4, -0.2) is 43.5 Å². The van der Waals surface area contributed by atoms with E-state index in [0.29, 0.717) is 11.9 Å². The highest BCUT2D eigenvalue weighted by atomic mass is 16.6. The number of nitro groups is 1. The van der Waals surface area contributed by atoms with E-state index in [-0.39, 0.29) is 5.69 Å². The van der Waals surface area contributed by atoms with E-state index in [1.807, 2.05) is 24.0 Å². The molecule has 0 spiro atoms. The van der Waals surface area contributed by atoms with Crippen molar-refractivity contribution in [2.24, 2.45) is 7.05 Å². The maximum absolute atomic E-state index is 10.6. The second-order valence-electron chi connectivity index (χ2n) is 5.48. The van der Waals surface area contributed by atoms with Gasteiger partial charge in [-0.1, -0.05) is 0 Å². The van der Waals surface area contributed by atoms with Gasteiger partial charge >= 0.3 is 0 Å². The van der Waals surface area contributed by atoms with Gasteiger partial charge in [-0.15, -0.1) is 0 Å². The monoisotopic (exact) mass is 302 g/mol. The number of hydrogen-bond donors (Lipinski definition) is 1. The van der Waals surface area contributed by atoms with E-state index in [2.05, 4.69) is 20.2 Å². The number of imidazole rings is 1. The Morgan fingerprint density at radius 1 is 1.45 bits per heavy atom. The molecule has 2 aromatic rings. The first-order valence-corrected chi connectivity index (χ1v) is 7.17. The average molecular weight is 302 g/mol. The minimum Gasteiger partial charge on any atom is -0.366 e. The number of rotatable bonds is 5. The number of aromatic nitrogens is 3. The fourth-order valence-electron chi connectivity index (χ4n) is 2.63. The van der Waals surface area contributed by atoms with Crippen molar-refractivity contribution in [3.8, 4) is 0 Å². The van der Waals surface area contributed by atoms with Crippen molar-refractivity contribution in [3.63, 3.8) is 0 Å². The number of anilines is 1. The van der Waals surface area contributed by atoms with Crippen LogP contribution < -0.4 is 5.32 Å². The van der Waals surface area contributed by atoms with Gasteiger partial charge in [0.05, 0.1) is 11.5 Å². The highest BCUT2D eigenvalue weighted by Crippen LogP contribution is 2.18. The van der Waals surface area contributed by atoms with Gasteiger partial charge in [-0.3, -0.25) is 15.0 Å². The van der Waals surface area contributed by atoms with Crippen LogP contribution in [0.4, 0.5) is 11.5 Å². The molecule has 1 aliphatic heterocycles. The van der Waals surface area contributed by atoms with Crippen molar-refractivity contribution in [1.82, 2.24) is 19.4 Å². The Morgan fingerprint density at radius 3 is 2.95 bits per heavy atom. The summed E-state index contributed by atoms with van der Waals surface area (Å²) in [5, 5.41) is 13.9. The number of pyridine rings is 1. The topological polar surface area (TPSA) is 89.1 Å². The molecule has 3 heterocycles. The first-order chi connectivity index (χ1) is 10.6. The van der Waals surface area contributed by atoms with Crippen LogP contribution in [0.15, 0.2) is 30.7 Å². The minimum atomic E-state index is -0.444. The van der Waals surface area contributed by atoms with Crippen molar-refractivity contribution in [2.45, 2.75) is 19.0 Å². The molecule has 0 radical (unpaired) electrons. The van der Waals surface area contributed by atoms with E-state index in [1.54, 1.807) is 6.07 Å². The molecular weight excluding hydrogens is 284 g/mol. The highest BCUT2D eigenvalue weighted by Gasteiger charge is 2.23. The van der Waals surface area contributed by atoms with E-state index in [0.717, 1.165) is 31.9 Å². The van der Waals surface area contributed by atoms with E-state index in [4.69, 9.17) is 0 Å². The predicted octanol–water partition coefficient (Wildman–Crippen LogP) is 1.41. The Labute approximate surface area is 127 Å². The van der Waals surface area contributed by atoms with Crippen molar-refractivity contribution in [3.05, 3.63) is 46.7 Å². The van der Waals surface area contributed by atoms with Crippen LogP contribution >= 0.6 is 0 Å². The third kappa shape index (κ3) is 3.22. The lowest BCUT2D eigenvalue weighted by molar-refractivity contribution is -0.385. The zero-order chi connectivity index (χ0) is 15.5. The van der Waals surface area contributed by atoms with Gasteiger partial charge in [-0.25, -0.2) is 9.97 Å². The van der Waals surface area contributed by atoms with Crippen molar-refractivity contribution in [2.75, 3.05) is 18.4 Å². The molecule has 0 unspecified atom stereocenters. The average Bonchev–Trinajstić information content (AvgIpc) is 3.10. The standard InChI is InChI=1S/C14H18N6O2/c1-18-7-5-15-14(18)10-19-6-4-11(9-19)17-13-3-2-12(8-16-13)20(21)22/h2-3,5,7-8,11H,4,6,9-10H2,1H3,(H,16,17)/t11-/m1/s1. The molecule has 1 N–H and O–H groups in total. The lowest BCUT2D eigenvalue weighted by atomic mass is 10.2. The van der Waals surface area contributed by atoms with Gasteiger partial charge in [0.15, 0.2) is 0 Å². The molecule has 8 nitrogen and oxygen atoms in total. The molecule has 0 aromatic carbocycles. The molecule has 3 rings (SSSR count). The third-order valence-corrected chi connectivity index (χ3v) is 3.87. The van der Waals surface area contributed by atoms with Crippen LogP contribution in [0.1, 0.15) is 12.2 Å². The summed E-state index contributed by atoms with van der Waals surface area (Å²) in [6.07, 6.45) is 6.05. The van der Waals surface area contributed by atoms with Crippen molar-refractivity contribution < 1.29 is 4.92 Å². The van der Waals surface area contributed by atoms with Crippen molar-refractivity contribution in [1.29, 1.82) is 0 Å². The molecule has 1 aliphatic rings. The van der Waals surface area contributed by atoms with Crippen LogP contribution in [0, 0.1) is 10.1 Å². The van der Waals surface area contributed by atoms with Gasteiger partial charge in [0, 0.05) is 44.6 Å². The minimum absolute atomic E-state index is 0.00776. The molecule has 0 aliphatic carbocycles. The summed E-state index contributed by atoms with van der Waals surface area (Å²) in [5.74, 6) is 1.73. The largest absolute Gasteiger partial charge is 0.366 e. The lowest BCUT2D eigenvalue weighted by Crippen LogP contribution is -2.27. The van der Waals surface area contributed by atoms with Gasteiger partial charge in [0.2, 0.25) is 0 Å². The summed E-state index contributed by atoms with van der Waals surface area (Å²) < 4.78 is 2.03. The van der Waals surface area contributed by atoms with Crippen molar-refractivity contribution >= 4 is 11.5 Å². The summed E-state index contributed by atoms with van der Waals surface area (Å²) in [6.45, 7) is 2.73. The molecular formula is C14H18N6O2. The van der Waals surface area contributed by atoms with E-state index in [1.165, 1.54) is 12.3 Å². The molecule has 0 bridgehead atoms. The fourth-order valence-corrected chi connectivity index (χ4v) is 2.63. The molecule has 0 amide bonds. The zero-order valence-corrected chi connectivity index (χ0v) is 12.3. The summed E-state index contributed by atoms with van der Waals surface area (Å²) in [7, 11) is 1.99. The highest BCUT2D eigenvalue weighted by molar-refractivity contribution is 5.41. The number of nitrogens with one attached hydrogen (secondary N) is 1. The van der Waals surface area contributed by atoms with Gasteiger partial charge in [0.25, 0.3) is 5.69 Å². The summed E-state index contributed by atoms with van der Waals surface area (Å²) in [5.41, 5.74) is 0.00776. The Morgan fingerprint density at radius 2 is 2.32 bits per heavy atom. The molecule has 8 heteroatoms. The van der Waals surface area contributed by atoms with E-state index < -0.39 is 4.92 Å². The zero-order valence-electron chi connectivity index (χ0n) is 12.3. The summed E-state index contributed by atoms with van der Waals surface area (Å²) >= 11 is 0.